The molecule has 1 spiro atoms. The van der Waals surface area contributed by atoms with Gasteiger partial charge in [0.05, 0.1) is 18.4 Å². The van der Waals surface area contributed by atoms with E-state index < -0.39 is 0 Å². The van der Waals surface area contributed by atoms with Gasteiger partial charge in [-0.05, 0) is 24.8 Å². The van der Waals surface area contributed by atoms with Crippen molar-refractivity contribution in [3.8, 4) is 0 Å². The second-order valence-corrected chi connectivity index (χ2v) is 6.89. The highest BCUT2D eigenvalue weighted by molar-refractivity contribution is 5.94. The van der Waals surface area contributed by atoms with E-state index in [4.69, 9.17) is 9.15 Å². The SMILES string of the molecule is O=C(c1ccoc1)N1CCC2(CN(CC3CCOC3)C2)C1. The van der Waals surface area contributed by atoms with Gasteiger partial charge < -0.3 is 19.0 Å². The number of carbonyl (C=O) groups excluding carboxylic acids is 1. The topological polar surface area (TPSA) is 45.9 Å². The van der Waals surface area contributed by atoms with Crippen molar-refractivity contribution >= 4 is 5.91 Å². The van der Waals surface area contributed by atoms with E-state index in [2.05, 4.69) is 4.90 Å². The highest BCUT2D eigenvalue weighted by Gasteiger charge is 2.48. The van der Waals surface area contributed by atoms with Crippen LogP contribution in [0.25, 0.3) is 0 Å². The second-order valence-electron chi connectivity index (χ2n) is 6.89. The summed E-state index contributed by atoms with van der Waals surface area (Å²) in [4.78, 5) is 16.9. The fourth-order valence-electron chi connectivity index (χ4n) is 4.06. The number of furan rings is 1. The van der Waals surface area contributed by atoms with Crippen LogP contribution in [0.1, 0.15) is 23.2 Å². The Bertz CT molecular complexity index is 502. The normalized spacial score (nSPS) is 28.2. The third-order valence-electron chi connectivity index (χ3n) is 5.15. The Morgan fingerprint density at radius 1 is 1.38 bits per heavy atom. The van der Waals surface area contributed by atoms with Gasteiger partial charge in [-0.25, -0.2) is 0 Å². The van der Waals surface area contributed by atoms with Gasteiger partial charge in [-0.3, -0.25) is 4.79 Å². The third kappa shape index (κ3) is 2.49. The Morgan fingerprint density at radius 3 is 3.00 bits per heavy atom. The molecule has 21 heavy (non-hydrogen) atoms. The van der Waals surface area contributed by atoms with Gasteiger partial charge in [-0.15, -0.1) is 0 Å². The minimum Gasteiger partial charge on any atom is -0.472 e. The summed E-state index contributed by atoms with van der Waals surface area (Å²) in [5, 5.41) is 0. The van der Waals surface area contributed by atoms with Crippen LogP contribution >= 0.6 is 0 Å². The second kappa shape index (κ2) is 5.14. The monoisotopic (exact) mass is 290 g/mol. The van der Waals surface area contributed by atoms with Gasteiger partial charge in [-0.2, -0.15) is 0 Å². The van der Waals surface area contributed by atoms with Crippen molar-refractivity contribution < 1.29 is 13.9 Å². The first-order valence-electron chi connectivity index (χ1n) is 7.86. The van der Waals surface area contributed by atoms with Crippen LogP contribution in [0.4, 0.5) is 0 Å². The molecule has 5 heteroatoms. The van der Waals surface area contributed by atoms with Crippen LogP contribution in [0, 0.1) is 11.3 Å². The summed E-state index contributed by atoms with van der Waals surface area (Å²) >= 11 is 0. The van der Waals surface area contributed by atoms with Gasteiger partial charge >= 0.3 is 0 Å². The lowest BCUT2D eigenvalue weighted by Gasteiger charge is -2.48. The van der Waals surface area contributed by atoms with E-state index in [1.807, 2.05) is 4.90 Å². The van der Waals surface area contributed by atoms with Crippen LogP contribution in [0.2, 0.25) is 0 Å². The van der Waals surface area contributed by atoms with Gasteiger partial charge in [0.15, 0.2) is 0 Å². The van der Waals surface area contributed by atoms with Gasteiger partial charge in [0, 0.05) is 44.7 Å². The number of amides is 1. The van der Waals surface area contributed by atoms with Crippen molar-refractivity contribution in [1.29, 1.82) is 0 Å². The molecule has 4 heterocycles. The Hall–Kier alpha value is -1.33. The highest BCUT2D eigenvalue weighted by atomic mass is 16.5. The number of likely N-dealkylation sites (tertiary alicyclic amines) is 2. The zero-order chi connectivity index (χ0) is 14.3. The molecular formula is C16H22N2O3. The molecule has 3 saturated heterocycles. The van der Waals surface area contributed by atoms with Crippen molar-refractivity contribution in [2.45, 2.75) is 12.8 Å². The number of ether oxygens (including phenoxy) is 1. The zero-order valence-corrected chi connectivity index (χ0v) is 12.3. The Labute approximate surface area is 124 Å². The Morgan fingerprint density at radius 2 is 2.29 bits per heavy atom. The van der Waals surface area contributed by atoms with Crippen molar-refractivity contribution in [2.24, 2.45) is 11.3 Å². The predicted octanol–water partition coefficient (Wildman–Crippen LogP) is 1.46. The lowest BCUT2D eigenvalue weighted by molar-refractivity contribution is -0.00279. The molecule has 5 nitrogen and oxygen atoms in total. The van der Waals surface area contributed by atoms with Crippen LogP contribution in [-0.2, 0) is 4.74 Å². The molecule has 0 bridgehead atoms. The largest absolute Gasteiger partial charge is 0.472 e. The summed E-state index contributed by atoms with van der Waals surface area (Å²) in [6.45, 7) is 7.07. The molecule has 114 valence electrons. The van der Waals surface area contributed by atoms with Crippen LogP contribution in [0.3, 0.4) is 0 Å². The van der Waals surface area contributed by atoms with E-state index in [0.29, 0.717) is 16.9 Å². The minimum atomic E-state index is 0.114. The third-order valence-corrected chi connectivity index (χ3v) is 5.15. The van der Waals surface area contributed by atoms with Crippen molar-refractivity contribution in [3.63, 3.8) is 0 Å². The number of rotatable bonds is 3. The predicted molar refractivity (Wildman–Crippen MR) is 77.0 cm³/mol. The number of hydrogen-bond acceptors (Lipinski definition) is 4. The molecule has 1 aromatic rings. The Balaban J connectivity index is 1.30. The molecule has 0 radical (unpaired) electrons. The number of hydrogen-bond donors (Lipinski definition) is 0. The van der Waals surface area contributed by atoms with Crippen LogP contribution in [0.5, 0.6) is 0 Å². The summed E-state index contributed by atoms with van der Waals surface area (Å²) in [5.74, 6) is 0.829. The Kier molecular flexibility index (Phi) is 3.27. The van der Waals surface area contributed by atoms with Crippen molar-refractivity contribution in [3.05, 3.63) is 24.2 Å². The van der Waals surface area contributed by atoms with E-state index in [0.717, 1.165) is 52.4 Å². The average molecular weight is 290 g/mol. The summed E-state index contributed by atoms with van der Waals surface area (Å²) in [7, 11) is 0. The first-order valence-corrected chi connectivity index (χ1v) is 7.86. The van der Waals surface area contributed by atoms with Gasteiger partial charge in [0.25, 0.3) is 5.91 Å². The molecule has 0 aromatic carbocycles. The maximum absolute atomic E-state index is 12.3. The van der Waals surface area contributed by atoms with Gasteiger partial charge in [-0.1, -0.05) is 0 Å². The molecule has 3 aliphatic heterocycles. The lowest BCUT2D eigenvalue weighted by Crippen LogP contribution is -2.58. The van der Waals surface area contributed by atoms with Gasteiger partial charge in [0.1, 0.15) is 6.26 Å². The van der Waals surface area contributed by atoms with E-state index in [-0.39, 0.29) is 5.91 Å². The molecule has 1 amide bonds. The summed E-state index contributed by atoms with van der Waals surface area (Å²) in [6.07, 6.45) is 5.44. The molecule has 4 rings (SSSR count). The fourth-order valence-corrected chi connectivity index (χ4v) is 4.06. The van der Waals surface area contributed by atoms with Crippen LogP contribution < -0.4 is 0 Å². The summed E-state index contributed by atoms with van der Waals surface area (Å²) < 4.78 is 10.5. The molecule has 3 aliphatic rings. The molecule has 1 atom stereocenters. The van der Waals surface area contributed by atoms with Crippen LogP contribution in [0.15, 0.2) is 23.0 Å². The molecule has 1 aromatic heterocycles. The summed E-state index contributed by atoms with van der Waals surface area (Å²) in [5.41, 5.74) is 1.02. The van der Waals surface area contributed by atoms with Crippen LogP contribution in [-0.4, -0.2) is 61.6 Å². The highest BCUT2D eigenvalue weighted by Crippen LogP contribution is 2.40. The molecule has 0 N–H and O–H groups in total. The summed E-state index contributed by atoms with van der Waals surface area (Å²) in [6, 6.07) is 1.75. The van der Waals surface area contributed by atoms with Crippen molar-refractivity contribution in [2.75, 3.05) is 45.9 Å². The number of nitrogens with zero attached hydrogens (tertiary/aromatic N) is 2. The fraction of sp³-hybridized carbons (Fsp3) is 0.688. The standard InChI is InChI=1S/C16H22N2O3/c19-15(14-2-6-21-9-14)18-4-3-16(12-18)10-17(11-16)7-13-1-5-20-8-13/h2,6,9,13H,1,3-5,7-8,10-12H2. The first kappa shape index (κ1) is 13.3. The van der Waals surface area contributed by atoms with E-state index in [9.17, 15) is 4.79 Å². The van der Waals surface area contributed by atoms with Crippen molar-refractivity contribution in [1.82, 2.24) is 9.80 Å². The maximum atomic E-state index is 12.3. The zero-order valence-electron chi connectivity index (χ0n) is 12.3. The average Bonchev–Trinajstić information content (AvgIpc) is 3.19. The maximum Gasteiger partial charge on any atom is 0.257 e. The first-order chi connectivity index (χ1) is 10.2. The quantitative estimate of drug-likeness (QED) is 0.845. The molecule has 0 aliphatic carbocycles. The number of carbonyl (C=O) groups is 1. The molecule has 1 unspecified atom stereocenters. The van der Waals surface area contributed by atoms with E-state index in [1.165, 1.54) is 6.42 Å². The smallest absolute Gasteiger partial charge is 0.257 e. The minimum absolute atomic E-state index is 0.114. The van der Waals surface area contributed by atoms with E-state index >= 15 is 0 Å². The van der Waals surface area contributed by atoms with Gasteiger partial charge in [0.2, 0.25) is 0 Å². The molecular weight excluding hydrogens is 268 g/mol. The lowest BCUT2D eigenvalue weighted by atomic mass is 9.78. The molecule has 3 fully saturated rings. The van der Waals surface area contributed by atoms with E-state index in [1.54, 1.807) is 18.6 Å². The molecule has 0 saturated carbocycles.